The van der Waals surface area contributed by atoms with Crippen LogP contribution in [0.5, 0.6) is 0 Å². The molecule has 160 valence electrons. The van der Waals surface area contributed by atoms with E-state index in [1.165, 1.54) is 10.9 Å². The number of carbonyl (C=O) groups excluding carboxylic acids is 1. The number of nitrogens with one attached hydrogen (secondary N) is 1. The van der Waals surface area contributed by atoms with E-state index in [1.807, 2.05) is 0 Å². The van der Waals surface area contributed by atoms with Crippen LogP contribution in [0.3, 0.4) is 0 Å². The molecule has 0 bridgehead atoms. The highest BCUT2D eigenvalue weighted by atomic mass is 28.3. The second-order valence-electron chi connectivity index (χ2n) is 9.05. The van der Waals surface area contributed by atoms with Crippen molar-refractivity contribution < 1.29 is 19.0 Å². The minimum absolute atomic E-state index is 0.269. The van der Waals surface area contributed by atoms with Crippen molar-refractivity contribution in [2.45, 2.75) is 44.8 Å². The third kappa shape index (κ3) is 7.26. The summed E-state index contributed by atoms with van der Waals surface area (Å²) in [5, 5.41) is 1.18. The van der Waals surface area contributed by atoms with E-state index in [9.17, 15) is 4.79 Å². The predicted octanol–water partition coefficient (Wildman–Crippen LogP) is 3.44. The number of morpholine rings is 1. The molecule has 1 aliphatic heterocycles. The van der Waals surface area contributed by atoms with Gasteiger partial charge in [-0.05, 0) is 29.1 Å². The summed E-state index contributed by atoms with van der Waals surface area (Å²) in [6, 6.07) is 9.81. The molecule has 1 N–H and O–H groups in total. The number of ether oxygens (including phenoxy) is 3. The molecule has 2 heterocycles. The van der Waals surface area contributed by atoms with Gasteiger partial charge >= 0.3 is 0 Å². The molecule has 0 aliphatic carbocycles. The predicted molar refractivity (Wildman–Crippen MR) is 118 cm³/mol. The second kappa shape index (κ2) is 10.4. The Kier molecular flexibility index (Phi) is 7.89. The third-order valence-corrected chi connectivity index (χ3v) is 6.95. The Bertz CT molecular complexity index is 781. The van der Waals surface area contributed by atoms with Crippen LogP contribution in [-0.2, 0) is 32.0 Å². The Morgan fingerprint density at radius 3 is 2.76 bits per heavy atom. The van der Waals surface area contributed by atoms with Crippen molar-refractivity contribution in [3.8, 4) is 0 Å². The van der Waals surface area contributed by atoms with E-state index < -0.39 is 8.07 Å². The summed E-state index contributed by atoms with van der Waals surface area (Å²) in [5.74, 6) is 0. The highest BCUT2D eigenvalue weighted by molar-refractivity contribution is 6.76. The zero-order chi connectivity index (χ0) is 20.7. The first kappa shape index (κ1) is 22.0. The Morgan fingerprint density at radius 1 is 1.24 bits per heavy atom. The SMILES string of the molecule is C[Si](C)(C)CCOCC(Cc1cc2ccc(CN3CCOCC3)cc2[nH]1)OC=O. The number of hydrogen-bond donors (Lipinski definition) is 1. The zero-order valence-electron chi connectivity index (χ0n) is 17.9. The number of H-pyrrole nitrogens is 1. The van der Waals surface area contributed by atoms with E-state index in [4.69, 9.17) is 14.2 Å². The summed E-state index contributed by atoms with van der Waals surface area (Å²) in [6.07, 6.45) is 0.356. The number of benzene rings is 1. The Balaban J connectivity index is 1.58. The molecule has 0 saturated carbocycles. The fourth-order valence-corrected chi connectivity index (χ4v) is 4.28. The fourth-order valence-electron chi connectivity index (χ4n) is 3.52. The summed E-state index contributed by atoms with van der Waals surface area (Å²) < 4.78 is 16.5. The molecule has 29 heavy (non-hydrogen) atoms. The van der Waals surface area contributed by atoms with Crippen LogP contribution in [-0.4, -0.2) is 70.1 Å². The topological polar surface area (TPSA) is 63.8 Å². The van der Waals surface area contributed by atoms with Crippen LogP contribution in [0.1, 0.15) is 11.3 Å². The lowest BCUT2D eigenvalue weighted by atomic mass is 10.1. The zero-order valence-corrected chi connectivity index (χ0v) is 18.9. The van der Waals surface area contributed by atoms with Crippen molar-refractivity contribution in [1.82, 2.24) is 9.88 Å². The lowest BCUT2D eigenvalue weighted by Crippen LogP contribution is -2.35. The summed E-state index contributed by atoms with van der Waals surface area (Å²) in [4.78, 5) is 16.8. The van der Waals surface area contributed by atoms with Gasteiger partial charge < -0.3 is 19.2 Å². The molecule has 1 aromatic carbocycles. The van der Waals surface area contributed by atoms with Gasteiger partial charge in [-0.15, -0.1) is 0 Å². The molecule has 7 heteroatoms. The Labute approximate surface area is 174 Å². The molecule has 0 spiro atoms. The molecule has 3 rings (SSSR count). The van der Waals surface area contributed by atoms with Crippen LogP contribution in [0.2, 0.25) is 25.7 Å². The van der Waals surface area contributed by atoms with Gasteiger partial charge in [-0.2, -0.15) is 0 Å². The normalized spacial score (nSPS) is 16.8. The third-order valence-electron chi connectivity index (χ3n) is 5.25. The van der Waals surface area contributed by atoms with Crippen LogP contribution < -0.4 is 0 Å². The van der Waals surface area contributed by atoms with Crippen molar-refractivity contribution in [1.29, 1.82) is 0 Å². The van der Waals surface area contributed by atoms with Gasteiger partial charge in [0, 0.05) is 51.9 Å². The molecule has 0 radical (unpaired) electrons. The maximum atomic E-state index is 10.9. The second-order valence-corrected chi connectivity index (χ2v) is 14.7. The number of rotatable bonds is 11. The van der Waals surface area contributed by atoms with Gasteiger partial charge in [0.2, 0.25) is 0 Å². The summed E-state index contributed by atoms with van der Waals surface area (Å²) in [6.45, 7) is 13.2. The van der Waals surface area contributed by atoms with Crippen LogP contribution >= 0.6 is 0 Å². The lowest BCUT2D eigenvalue weighted by Gasteiger charge is -2.26. The largest absolute Gasteiger partial charge is 0.462 e. The first-order valence-electron chi connectivity index (χ1n) is 10.5. The maximum Gasteiger partial charge on any atom is 0.293 e. The van der Waals surface area contributed by atoms with Crippen molar-refractivity contribution in [3.63, 3.8) is 0 Å². The number of carbonyl (C=O) groups is 1. The molecule has 1 atom stereocenters. The van der Waals surface area contributed by atoms with E-state index in [0.29, 0.717) is 19.5 Å². The fraction of sp³-hybridized carbons (Fsp3) is 0.591. The number of hydrogen-bond acceptors (Lipinski definition) is 5. The Morgan fingerprint density at radius 2 is 2.03 bits per heavy atom. The van der Waals surface area contributed by atoms with Crippen LogP contribution in [0.25, 0.3) is 10.9 Å². The van der Waals surface area contributed by atoms with Gasteiger partial charge in [0.15, 0.2) is 0 Å². The molecule has 0 amide bonds. The molecule has 6 nitrogen and oxygen atoms in total. The highest BCUT2D eigenvalue weighted by Gasteiger charge is 2.16. The molecule has 1 saturated heterocycles. The average Bonchev–Trinajstić information content (AvgIpc) is 3.07. The molecule has 2 aromatic rings. The molecular formula is C22H34N2O4Si. The standard InChI is InChI=1S/C22H34N2O4Si/c1-29(2,3)11-10-27-16-21(28-17-25)14-20-13-19-5-4-18(12-22(19)23-20)15-24-6-8-26-9-7-24/h4-5,12-13,17,21,23H,6-11,14-16H2,1-3H3. The van der Waals surface area contributed by atoms with Crippen molar-refractivity contribution in [2.24, 2.45) is 0 Å². The molecule has 1 aromatic heterocycles. The summed E-state index contributed by atoms with van der Waals surface area (Å²) in [7, 11) is -1.12. The number of aromatic amines is 1. The quantitative estimate of drug-likeness (QED) is 0.344. The van der Waals surface area contributed by atoms with Crippen molar-refractivity contribution >= 4 is 25.4 Å². The van der Waals surface area contributed by atoms with Crippen molar-refractivity contribution in [2.75, 3.05) is 39.5 Å². The molecule has 1 aliphatic rings. The van der Waals surface area contributed by atoms with E-state index in [0.717, 1.165) is 56.7 Å². The first-order chi connectivity index (χ1) is 13.9. The van der Waals surface area contributed by atoms with E-state index in [2.05, 4.69) is 53.8 Å². The van der Waals surface area contributed by atoms with Gasteiger partial charge in [-0.3, -0.25) is 9.69 Å². The van der Waals surface area contributed by atoms with Crippen LogP contribution in [0.15, 0.2) is 24.3 Å². The van der Waals surface area contributed by atoms with Gasteiger partial charge in [-0.1, -0.05) is 31.8 Å². The average molecular weight is 419 g/mol. The van der Waals surface area contributed by atoms with Crippen molar-refractivity contribution in [3.05, 3.63) is 35.5 Å². The van der Waals surface area contributed by atoms with Gasteiger partial charge in [0.05, 0.1) is 19.8 Å². The minimum atomic E-state index is -1.12. The van der Waals surface area contributed by atoms with E-state index in [1.54, 1.807) is 0 Å². The smallest absolute Gasteiger partial charge is 0.293 e. The van der Waals surface area contributed by atoms with Crippen LogP contribution in [0.4, 0.5) is 0 Å². The van der Waals surface area contributed by atoms with E-state index in [-0.39, 0.29) is 6.10 Å². The lowest BCUT2D eigenvalue weighted by molar-refractivity contribution is -0.136. The maximum absolute atomic E-state index is 10.9. The van der Waals surface area contributed by atoms with E-state index >= 15 is 0 Å². The van der Waals surface area contributed by atoms with Gasteiger partial charge in [0.25, 0.3) is 6.47 Å². The molecule has 1 unspecified atom stereocenters. The van der Waals surface area contributed by atoms with Crippen LogP contribution in [0, 0.1) is 0 Å². The van der Waals surface area contributed by atoms with Gasteiger partial charge in [0.1, 0.15) is 6.10 Å². The first-order valence-corrected chi connectivity index (χ1v) is 14.2. The number of fused-ring (bicyclic) bond motifs is 1. The minimum Gasteiger partial charge on any atom is -0.462 e. The molecule has 1 fully saturated rings. The summed E-state index contributed by atoms with van der Waals surface area (Å²) >= 11 is 0. The van der Waals surface area contributed by atoms with Gasteiger partial charge in [-0.25, -0.2) is 0 Å². The highest BCUT2D eigenvalue weighted by Crippen LogP contribution is 2.20. The summed E-state index contributed by atoms with van der Waals surface area (Å²) in [5.41, 5.74) is 3.47. The molecular weight excluding hydrogens is 384 g/mol. The number of nitrogens with zero attached hydrogens (tertiary/aromatic N) is 1. The number of aromatic nitrogens is 1. The Hall–Kier alpha value is -1.67. The monoisotopic (exact) mass is 418 g/mol.